The number of aliphatic hydroxyl groups excluding tert-OH is 1. The van der Waals surface area contributed by atoms with E-state index in [2.05, 4.69) is 17.4 Å². The van der Waals surface area contributed by atoms with Crippen molar-refractivity contribution in [2.75, 3.05) is 0 Å². The van der Waals surface area contributed by atoms with Crippen LogP contribution in [0.4, 0.5) is 4.79 Å². The SMILES string of the molecule is O=C(NC(c1ccccc1)C1CCC1)N1C2CCC1CC(O)C2. The molecular formula is C19H26N2O2. The van der Waals surface area contributed by atoms with Crippen LogP contribution in [0, 0.1) is 5.92 Å². The summed E-state index contributed by atoms with van der Waals surface area (Å²) in [5.74, 6) is 0.564. The second kappa shape index (κ2) is 6.16. The first-order valence-corrected chi connectivity index (χ1v) is 9.04. The van der Waals surface area contributed by atoms with Crippen LogP contribution in [0.15, 0.2) is 30.3 Å². The first-order chi connectivity index (χ1) is 11.2. The zero-order chi connectivity index (χ0) is 15.8. The number of amides is 2. The van der Waals surface area contributed by atoms with Gasteiger partial charge in [0.15, 0.2) is 0 Å². The highest BCUT2D eigenvalue weighted by atomic mass is 16.3. The first kappa shape index (κ1) is 15.0. The lowest BCUT2D eigenvalue weighted by molar-refractivity contribution is 0.0519. The molecule has 4 rings (SSSR count). The van der Waals surface area contributed by atoms with E-state index in [-0.39, 0.29) is 30.3 Å². The van der Waals surface area contributed by atoms with Crippen LogP contribution in [-0.2, 0) is 0 Å². The Morgan fingerprint density at radius 1 is 1.09 bits per heavy atom. The summed E-state index contributed by atoms with van der Waals surface area (Å²) in [6.45, 7) is 0. The molecular weight excluding hydrogens is 288 g/mol. The summed E-state index contributed by atoms with van der Waals surface area (Å²) in [6, 6.07) is 11.0. The highest BCUT2D eigenvalue weighted by molar-refractivity contribution is 5.76. The standard InChI is InChI=1S/C19H26N2O2/c22-17-11-15-9-10-16(12-17)21(15)19(23)20-18(14-7-4-8-14)13-5-2-1-3-6-13/h1-3,5-6,14-18,22H,4,7-12H2,(H,20,23). The van der Waals surface area contributed by atoms with Crippen molar-refractivity contribution >= 4 is 6.03 Å². The summed E-state index contributed by atoms with van der Waals surface area (Å²) in [5.41, 5.74) is 1.22. The van der Waals surface area contributed by atoms with E-state index in [0.29, 0.717) is 5.92 Å². The molecule has 2 amide bonds. The van der Waals surface area contributed by atoms with Crippen molar-refractivity contribution in [2.45, 2.75) is 69.2 Å². The third kappa shape index (κ3) is 2.85. The molecule has 0 spiro atoms. The van der Waals surface area contributed by atoms with E-state index in [0.717, 1.165) is 25.7 Å². The number of carbonyl (C=O) groups is 1. The van der Waals surface area contributed by atoms with E-state index in [1.165, 1.54) is 24.8 Å². The Morgan fingerprint density at radius 2 is 1.74 bits per heavy atom. The van der Waals surface area contributed by atoms with Gasteiger partial charge in [0.05, 0.1) is 12.1 Å². The minimum atomic E-state index is -0.229. The molecule has 2 heterocycles. The van der Waals surface area contributed by atoms with Gasteiger partial charge in [-0.25, -0.2) is 4.79 Å². The van der Waals surface area contributed by atoms with Gasteiger partial charge in [-0.2, -0.15) is 0 Å². The summed E-state index contributed by atoms with van der Waals surface area (Å²) >= 11 is 0. The fraction of sp³-hybridized carbons (Fsp3) is 0.632. The lowest BCUT2D eigenvalue weighted by Crippen LogP contribution is -2.53. The molecule has 4 heteroatoms. The number of aliphatic hydroxyl groups is 1. The van der Waals surface area contributed by atoms with Crippen LogP contribution >= 0.6 is 0 Å². The number of urea groups is 1. The van der Waals surface area contributed by atoms with Gasteiger partial charge in [-0.15, -0.1) is 0 Å². The average Bonchev–Trinajstić information content (AvgIpc) is 2.78. The summed E-state index contributed by atoms with van der Waals surface area (Å²) in [4.78, 5) is 15.0. The number of rotatable bonds is 3. The largest absolute Gasteiger partial charge is 0.393 e. The molecule has 2 saturated heterocycles. The van der Waals surface area contributed by atoms with Crippen LogP contribution in [0.1, 0.15) is 56.6 Å². The van der Waals surface area contributed by atoms with Gasteiger partial charge in [0.1, 0.15) is 0 Å². The van der Waals surface area contributed by atoms with E-state index in [1.54, 1.807) is 0 Å². The maximum atomic E-state index is 12.9. The Labute approximate surface area is 137 Å². The maximum Gasteiger partial charge on any atom is 0.318 e. The smallest absolute Gasteiger partial charge is 0.318 e. The maximum absolute atomic E-state index is 12.9. The van der Waals surface area contributed by atoms with Gasteiger partial charge in [-0.1, -0.05) is 36.8 Å². The summed E-state index contributed by atoms with van der Waals surface area (Å²) in [5, 5.41) is 13.3. The number of piperidine rings is 1. The fourth-order valence-electron chi connectivity index (χ4n) is 4.59. The number of hydrogen-bond acceptors (Lipinski definition) is 2. The van der Waals surface area contributed by atoms with Gasteiger partial charge in [-0.3, -0.25) is 0 Å². The van der Waals surface area contributed by atoms with Crippen LogP contribution in [0.3, 0.4) is 0 Å². The van der Waals surface area contributed by atoms with Gasteiger partial charge in [0.25, 0.3) is 0 Å². The van der Waals surface area contributed by atoms with Crippen molar-refractivity contribution in [3.8, 4) is 0 Å². The Kier molecular flexibility index (Phi) is 4.02. The highest BCUT2D eigenvalue weighted by Gasteiger charge is 2.43. The Hall–Kier alpha value is -1.55. The lowest BCUT2D eigenvalue weighted by atomic mass is 9.77. The number of carbonyl (C=O) groups excluding carboxylic acids is 1. The van der Waals surface area contributed by atoms with E-state index in [1.807, 2.05) is 23.1 Å². The number of nitrogens with zero attached hydrogens (tertiary/aromatic N) is 1. The van der Waals surface area contributed by atoms with Gasteiger partial charge in [0.2, 0.25) is 0 Å². The first-order valence-electron chi connectivity index (χ1n) is 9.04. The fourth-order valence-corrected chi connectivity index (χ4v) is 4.59. The molecule has 3 unspecified atom stereocenters. The van der Waals surface area contributed by atoms with Gasteiger partial charge in [-0.05, 0) is 50.0 Å². The minimum absolute atomic E-state index is 0.0742. The van der Waals surface area contributed by atoms with Crippen LogP contribution in [-0.4, -0.2) is 34.2 Å². The predicted molar refractivity (Wildman–Crippen MR) is 88.9 cm³/mol. The van der Waals surface area contributed by atoms with Crippen LogP contribution in [0.5, 0.6) is 0 Å². The average molecular weight is 314 g/mol. The van der Waals surface area contributed by atoms with E-state index < -0.39 is 0 Å². The van der Waals surface area contributed by atoms with E-state index >= 15 is 0 Å². The molecule has 3 fully saturated rings. The molecule has 1 aliphatic carbocycles. The number of fused-ring (bicyclic) bond motifs is 2. The molecule has 4 nitrogen and oxygen atoms in total. The van der Waals surface area contributed by atoms with Gasteiger partial charge in [0, 0.05) is 12.1 Å². The minimum Gasteiger partial charge on any atom is -0.393 e. The monoisotopic (exact) mass is 314 g/mol. The van der Waals surface area contributed by atoms with Gasteiger partial charge >= 0.3 is 6.03 Å². The Balaban J connectivity index is 1.50. The predicted octanol–water partition coefficient (Wildman–Crippen LogP) is 3.23. The van der Waals surface area contributed by atoms with Crippen molar-refractivity contribution in [3.63, 3.8) is 0 Å². The topological polar surface area (TPSA) is 52.6 Å². The van der Waals surface area contributed by atoms with Crippen LogP contribution < -0.4 is 5.32 Å². The van der Waals surface area contributed by atoms with Gasteiger partial charge < -0.3 is 15.3 Å². The Morgan fingerprint density at radius 3 is 2.30 bits per heavy atom. The van der Waals surface area contributed by atoms with E-state index in [4.69, 9.17) is 0 Å². The number of hydrogen-bond donors (Lipinski definition) is 2. The Bertz CT molecular complexity index is 544. The quantitative estimate of drug-likeness (QED) is 0.900. The molecule has 3 atom stereocenters. The van der Waals surface area contributed by atoms with E-state index in [9.17, 15) is 9.90 Å². The second-order valence-electron chi connectivity index (χ2n) is 7.45. The van der Waals surface area contributed by atoms with Crippen molar-refractivity contribution < 1.29 is 9.90 Å². The second-order valence-corrected chi connectivity index (χ2v) is 7.45. The molecule has 3 aliphatic rings. The molecule has 1 saturated carbocycles. The molecule has 2 aliphatic heterocycles. The zero-order valence-corrected chi connectivity index (χ0v) is 13.5. The molecule has 2 bridgehead atoms. The third-order valence-corrected chi connectivity index (χ3v) is 6.00. The highest BCUT2D eigenvalue weighted by Crippen LogP contribution is 2.39. The molecule has 1 aromatic rings. The van der Waals surface area contributed by atoms with Crippen molar-refractivity contribution in [1.82, 2.24) is 10.2 Å². The number of nitrogens with one attached hydrogen (secondary N) is 1. The van der Waals surface area contributed by atoms with Crippen LogP contribution in [0.25, 0.3) is 0 Å². The molecule has 2 N–H and O–H groups in total. The zero-order valence-electron chi connectivity index (χ0n) is 13.5. The van der Waals surface area contributed by atoms with Crippen molar-refractivity contribution in [1.29, 1.82) is 0 Å². The molecule has 1 aromatic carbocycles. The molecule has 0 aromatic heterocycles. The summed E-state index contributed by atoms with van der Waals surface area (Å²) < 4.78 is 0. The van der Waals surface area contributed by atoms with Crippen molar-refractivity contribution in [2.24, 2.45) is 5.92 Å². The molecule has 23 heavy (non-hydrogen) atoms. The summed E-state index contributed by atoms with van der Waals surface area (Å²) in [7, 11) is 0. The lowest BCUT2D eigenvalue weighted by Gasteiger charge is -2.40. The molecule has 0 radical (unpaired) electrons. The normalized spacial score (nSPS) is 31.5. The summed E-state index contributed by atoms with van der Waals surface area (Å²) in [6.07, 6.45) is 6.99. The molecule has 124 valence electrons. The van der Waals surface area contributed by atoms with Crippen molar-refractivity contribution in [3.05, 3.63) is 35.9 Å². The number of benzene rings is 1. The third-order valence-electron chi connectivity index (χ3n) is 6.00. The van der Waals surface area contributed by atoms with Crippen LogP contribution in [0.2, 0.25) is 0 Å².